The molecule has 1 heterocycles. The highest BCUT2D eigenvalue weighted by Gasteiger charge is 2.19. The number of nitrogens with zero attached hydrogens (tertiary/aromatic N) is 1. The van der Waals surface area contributed by atoms with Crippen molar-refractivity contribution in [2.24, 2.45) is 0 Å². The molecule has 0 radical (unpaired) electrons. The van der Waals surface area contributed by atoms with Crippen molar-refractivity contribution in [1.29, 1.82) is 0 Å². The summed E-state index contributed by atoms with van der Waals surface area (Å²) in [4.78, 5) is 3.31. The van der Waals surface area contributed by atoms with Crippen LogP contribution in [0.25, 0.3) is 0 Å². The quantitative estimate of drug-likeness (QED) is 0.487. The molecule has 0 spiro atoms. The first-order valence-corrected chi connectivity index (χ1v) is 6.69. The Hall–Kier alpha value is 0.0800. The zero-order valence-corrected chi connectivity index (χ0v) is 10.6. The lowest BCUT2D eigenvalue weighted by Gasteiger charge is -2.31. The van der Waals surface area contributed by atoms with Crippen LogP contribution in [0.4, 0.5) is 0 Å². The van der Waals surface area contributed by atoms with Crippen molar-refractivity contribution in [2.75, 3.05) is 51.6 Å². The van der Waals surface area contributed by atoms with Crippen molar-refractivity contribution in [1.82, 2.24) is 4.90 Å². The number of aliphatic hydroxyl groups excluding tert-OH is 1. The largest absolute Gasteiger partial charge is 1.00 e. The second-order valence-corrected chi connectivity index (χ2v) is 5.35. The van der Waals surface area contributed by atoms with E-state index in [-0.39, 0.29) is 24.8 Å². The minimum Gasteiger partial charge on any atom is -1.00 e. The Kier molecular flexibility index (Phi) is 7.45. The van der Waals surface area contributed by atoms with E-state index < -0.39 is 10.1 Å². The summed E-state index contributed by atoms with van der Waals surface area (Å²) in [6, 6.07) is 0. The number of hydrogen-bond donors (Lipinski definition) is 2. The molecule has 1 saturated heterocycles. The summed E-state index contributed by atoms with van der Waals surface area (Å²) < 4.78 is 31.3. The molecule has 0 aromatic carbocycles. The summed E-state index contributed by atoms with van der Waals surface area (Å²) in [5, 5.41) is 8.74. The summed E-state index contributed by atoms with van der Waals surface area (Å²) in [5.41, 5.74) is 0. The van der Waals surface area contributed by atoms with Crippen LogP contribution in [0.2, 0.25) is 0 Å². The Labute approximate surface area is 102 Å². The molecule has 98 valence electrons. The number of aliphatic hydroxyl groups is 1. The smallest absolute Gasteiger partial charge is 0.101 e. The van der Waals surface area contributed by atoms with E-state index in [1.165, 1.54) is 4.90 Å². The van der Waals surface area contributed by atoms with Crippen LogP contribution in [-0.2, 0) is 10.1 Å². The summed E-state index contributed by atoms with van der Waals surface area (Å²) in [6.07, 6.45) is 0. The van der Waals surface area contributed by atoms with Gasteiger partial charge in [-0.1, -0.05) is 0 Å². The molecule has 16 heavy (non-hydrogen) atoms. The normalized spacial score (nSPS) is 19.4. The number of nitrogens with one attached hydrogen (secondary N) is 1. The van der Waals surface area contributed by atoms with Gasteiger partial charge in [-0.05, 0) is 0 Å². The molecule has 8 heteroatoms. The van der Waals surface area contributed by atoms with Crippen LogP contribution in [0.3, 0.4) is 0 Å². The highest BCUT2D eigenvalue weighted by molar-refractivity contribution is 7.85. The van der Waals surface area contributed by atoms with Gasteiger partial charge in [-0.25, -0.2) is 8.42 Å². The number of piperazine rings is 1. The molecule has 0 saturated carbocycles. The van der Waals surface area contributed by atoms with Crippen molar-refractivity contribution in [3.05, 3.63) is 0 Å². The Morgan fingerprint density at radius 2 is 1.88 bits per heavy atom. The Bertz CT molecular complexity index is 278. The lowest BCUT2D eigenvalue weighted by Crippen LogP contribution is -3.15. The highest BCUT2D eigenvalue weighted by atomic mass is 35.5. The van der Waals surface area contributed by atoms with E-state index in [4.69, 9.17) is 5.11 Å². The molecule has 1 aliphatic rings. The van der Waals surface area contributed by atoms with Gasteiger partial charge in [-0.2, -0.15) is 0 Å². The predicted octanol–water partition coefficient (Wildman–Crippen LogP) is -6.27. The van der Waals surface area contributed by atoms with Crippen molar-refractivity contribution in [3.8, 4) is 0 Å². The average molecular weight is 274 g/mol. The van der Waals surface area contributed by atoms with E-state index in [1.54, 1.807) is 0 Å². The fourth-order valence-electron chi connectivity index (χ4n) is 1.74. The zero-order chi connectivity index (χ0) is 11.3. The number of rotatable bonds is 5. The third-order valence-corrected chi connectivity index (χ3v) is 3.37. The van der Waals surface area contributed by atoms with Gasteiger partial charge in [0.15, 0.2) is 0 Å². The van der Waals surface area contributed by atoms with Crippen LogP contribution in [0, 0.1) is 0 Å². The van der Waals surface area contributed by atoms with E-state index in [1.807, 2.05) is 4.90 Å². The van der Waals surface area contributed by atoms with Gasteiger partial charge in [0.05, 0.1) is 35.6 Å². The van der Waals surface area contributed by atoms with Gasteiger partial charge in [-0.3, -0.25) is 4.90 Å². The van der Waals surface area contributed by atoms with Gasteiger partial charge >= 0.3 is 0 Å². The molecule has 2 N–H and O–H groups in total. The summed E-state index contributed by atoms with van der Waals surface area (Å²) in [7, 11) is -4.09. The predicted molar refractivity (Wildman–Crippen MR) is 53.7 cm³/mol. The molecule has 0 amide bonds. The topological polar surface area (TPSA) is 85.1 Å². The lowest BCUT2D eigenvalue weighted by molar-refractivity contribution is -0.904. The molecule has 0 bridgehead atoms. The fourth-order valence-corrected chi connectivity index (χ4v) is 2.22. The van der Waals surface area contributed by atoms with E-state index in [2.05, 4.69) is 0 Å². The van der Waals surface area contributed by atoms with Crippen molar-refractivity contribution < 1.29 is 35.4 Å². The maximum Gasteiger partial charge on any atom is 0.101 e. The number of hydrogen-bond acceptors (Lipinski definition) is 5. The van der Waals surface area contributed by atoms with Crippen LogP contribution >= 0.6 is 0 Å². The van der Waals surface area contributed by atoms with Gasteiger partial charge in [0.2, 0.25) is 0 Å². The van der Waals surface area contributed by atoms with Gasteiger partial charge in [0, 0.05) is 19.6 Å². The maximum absolute atomic E-state index is 10.4. The average Bonchev–Trinajstić information content (AvgIpc) is 2.16. The van der Waals surface area contributed by atoms with Gasteiger partial charge in [0.1, 0.15) is 6.54 Å². The minimum absolute atomic E-state index is 0. The molecule has 0 unspecified atom stereocenters. The van der Waals surface area contributed by atoms with E-state index in [0.717, 1.165) is 32.7 Å². The van der Waals surface area contributed by atoms with Crippen LogP contribution in [0.15, 0.2) is 0 Å². The Morgan fingerprint density at radius 1 is 1.31 bits per heavy atom. The van der Waals surface area contributed by atoms with Crippen LogP contribution < -0.4 is 17.3 Å². The van der Waals surface area contributed by atoms with Gasteiger partial charge in [0.25, 0.3) is 0 Å². The van der Waals surface area contributed by atoms with Crippen molar-refractivity contribution in [2.45, 2.75) is 0 Å². The lowest BCUT2D eigenvalue weighted by atomic mass is 10.3. The number of halogens is 1. The minimum atomic E-state index is -4.09. The summed E-state index contributed by atoms with van der Waals surface area (Å²) in [6.45, 7) is 4.66. The fraction of sp³-hybridized carbons (Fsp3) is 1.00. The van der Waals surface area contributed by atoms with Crippen LogP contribution in [-0.4, -0.2) is 74.6 Å². The van der Waals surface area contributed by atoms with Crippen LogP contribution in [0.1, 0.15) is 0 Å². The van der Waals surface area contributed by atoms with Crippen LogP contribution in [0.5, 0.6) is 0 Å². The van der Waals surface area contributed by atoms with E-state index in [0.29, 0.717) is 6.54 Å². The Morgan fingerprint density at radius 3 is 2.31 bits per heavy atom. The SMILES string of the molecule is O=S(=O)([O-])CCN1CC[NH+](CCO)CC1.[Cl-]. The van der Waals surface area contributed by atoms with Crippen molar-refractivity contribution in [3.63, 3.8) is 0 Å². The molecule has 1 fully saturated rings. The van der Waals surface area contributed by atoms with E-state index in [9.17, 15) is 13.0 Å². The standard InChI is InChI=1S/C8H18N2O4S.ClH/c11-7-5-9-1-3-10(4-2-9)6-8-15(12,13)14;/h11H,1-8H2,(H,12,13,14);1H/p-1. The Balaban J connectivity index is 0.00000225. The van der Waals surface area contributed by atoms with Crippen molar-refractivity contribution >= 4 is 10.1 Å². The molecule has 0 atom stereocenters. The zero-order valence-electron chi connectivity index (χ0n) is 9.06. The second-order valence-electron chi connectivity index (χ2n) is 3.83. The molecular formula is C8H18ClN2O4S-. The van der Waals surface area contributed by atoms with Gasteiger partial charge < -0.3 is 27.0 Å². The molecule has 1 aliphatic heterocycles. The summed E-state index contributed by atoms with van der Waals surface area (Å²) >= 11 is 0. The first-order valence-electron chi connectivity index (χ1n) is 5.11. The second kappa shape index (κ2) is 7.41. The van der Waals surface area contributed by atoms with E-state index >= 15 is 0 Å². The summed E-state index contributed by atoms with van der Waals surface area (Å²) in [5.74, 6) is -0.303. The molecule has 0 aromatic heterocycles. The third kappa shape index (κ3) is 6.62. The third-order valence-electron chi connectivity index (χ3n) is 2.69. The highest BCUT2D eigenvalue weighted by Crippen LogP contribution is 1.91. The maximum atomic E-state index is 10.4. The molecule has 1 rings (SSSR count). The first kappa shape index (κ1) is 16.1. The molecule has 0 aliphatic carbocycles. The first-order chi connectivity index (χ1) is 7.01. The monoisotopic (exact) mass is 273 g/mol. The number of quaternary nitrogens is 1. The van der Waals surface area contributed by atoms with Gasteiger partial charge in [-0.15, -0.1) is 0 Å². The molecule has 0 aromatic rings. The molecule has 6 nitrogen and oxygen atoms in total. The molecular weight excluding hydrogens is 256 g/mol.